The molecular weight excluding hydrogens is 388 g/mol. The Bertz CT molecular complexity index is 1130. The van der Waals surface area contributed by atoms with Crippen molar-refractivity contribution in [3.05, 3.63) is 71.8 Å². The summed E-state index contributed by atoms with van der Waals surface area (Å²) >= 11 is 0. The van der Waals surface area contributed by atoms with Gasteiger partial charge in [0.25, 0.3) is 5.91 Å². The lowest BCUT2D eigenvalue weighted by molar-refractivity contribution is -0.126. The third-order valence-electron chi connectivity index (χ3n) is 5.87. The molecule has 1 atom stereocenters. The van der Waals surface area contributed by atoms with Gasteiger partial charge in [0.05, 0.1) is 24.5 Å². The minimum absolute atomic E-state index is 0.103. The van der Waals surface area contributed by atoms with Crippen LogP contribution in [0.25, 0.3) is 10.8 Å². The fourth-order valence-corrected chi connectivity index (χ4v) is 4.26. The molecule has 0 fully saturated rings. The summed E-state index contributed by atoms with van der Waals surface area (Å²) in [5.41, 5.74) is 4.08. The maximum Gasteiger partial charge on any atom is 0.251 e. The normalized spacial score (nSPS) is 16.2. The number of carbonyl (C=O) groups is 2. The van der Waals surface area contributed by atoms with Crippen molar-refractivity contribution in [1.29, 1.82) is 0 Å². The third kappa shape index (κ3) is 4.11. The van der Waals surface area contributed by atoms with E-state index in [4.69, 9.17) is 0 Å². The van der Waals surface area contributed by atoms with Crippen molar-refractivity contribution in [3.8, 4) is 0 Å². The maximum atomic E-state index is 13.7. The van der Waals surface area contributed by atoms with Gasteiger partial charge in [0.2, 0.25) is 5.91 Å². The quantitative estimate of drug-likeness (QED) is 0.671. The summed E-state index contributed by atoms with van der Waals surface area (Å²) in [5.74, 6) is -0.296. The molecule has 0 aromatic heterocycles. The first-order valence-electron chi connectivity index (χ1n) is 10.5. The lowest BCUT2D eigenvalue weighted by atomic mass is 9.99. The van der Waals surface area contributed by atoms with E-state index in [0.717, 1.165) is 33.3 Å². The van der Waals surface area contributed by atoms with Crippen LogP contribution >= 0.6 is 0 Å². The second kappa shape index (κ2) is 8.78. The van der Waals surface area contributed by atoms with E-state index in [0.29, 0.717) is 13.1 Å². The summed E-state index contributed by atoms with van der Waals surface area (Å²) < 4.78 is 0. The lowest BCUT2D eigenvalue weighted by Crippen LogP contribution is -2.53. The molecule has 1 aliphatic heterocycles. The zero-order valence-electron chi connectivity index (χ0n) is 18.2. The first-order chi connectivity index (χ1) is 15.0. The topological polar surface area (TPSA) is 64.7 Å². The second-order valence-electron chi connectivity index (χ2n) is 8.03. The van der Waals surface area contributed by atoms with Crippen LogP contribution in [-0.4, -0.2) is 45.0 Å². The minimum atomic E-state index is -0.631. The molecule has 0 spiro atoms. The molecule has 160 valence electrons. The number of fused-ring (bicyclic) bond motifs is 2. The summed E-state index contributed by atoms with van der Waals surface area (Å²) in [6.45, 7) is 3.10. The smallest absolute Gasteiger partial charge is 0.251 e. The van der Waals surface area contributed by atoms with Crippen molar-refractivity contribution in [2.45, 2.75) is 19.5 Å². The van der Waals surface area contributed by atoms with E-state index in [1.54, 1.807) is 7.05 Å². The van der Waals surface area contributed by atoms with Gasteiger partial charge in [0, 0.05) is 13.6 Å². The van der Waals surface area contributed by atoms with Gasteiger partial charge in [0.15, 0.2) is 0 Å². The van der Waals surface area contributed by atoms with Crippen molar-refractivity contribution in [3.63, 3.8) is 0 Å². The number of nitrogens with one attached hydrogen (secondary N) is 2. The molecule has 0 aliphatic carbocycles. The predicted molar refractivity (Wildman–Crippen MR) is 125 cm³/mol. The van der Waals surface area contributed by atoms with Crippen molar-refractivity contribution < 1.29 is 9.59 Å². The third-order valence-corrected chi connectivity index (χ3v) is 5.87. The molecule has 1 aliphatic rings. The number of hydrogen-bond donors (Lipinski definition) is 2. The fraction of sp³-hybridized carbons (Fsp3) is 0.280. The van der Waals surface area contributed by atoms with Crippen LogP contribution in [0.4, 0.5) is 11.4 Å². The van der Waals surface area contributed by atoms with E-state index < -0.39 is 6.04 Å². The molecule has 4 rings (SSSR count). The Kier molecular flexibility index (Phi) is 5.91. The molecule has 0 radical (unpaired) electrons. The Morgan fingerprint density at radius 1 is 1.03 bits per heavy atom. The van der Waals surface area contributed by atoms with E-state index in [2.05, 4.69) is 41.8 Å². The van der Waals surface area contributed by atoms with Crippen molar-refractivity contribution in [1.82, 2.24) is 10.6 Å². The number of nitrogens with zero attached hydrogens (tertiary/aromatic N) is 2. The summed E-state index contributed by atoms with van der Waals surface area (Å²) in [4.78, 5) is 29.8. The molecule has 0 saturated carbocycles. The Labute approximate surface area is 182 Å². The molecule has 3 aromatic rings. The number of aryl methyl sites for hydroxylation is 1. The largest absolute Gasteiger partial charge is 0.370 e. The number of rotatable bonds is 5. The van der Waals surface area contributed by atoms with Crippen LogP contribution in [0.1, 0.15) is 11.1 Å². The average molecular weight is 417 g/mol. The van der Waals surface area contributed by atoms with E-state index in [1.165, 1.54) is 0 Å². The number of likely N-dealkylation sites (N-methyl/N-ethyl adjacent to an activating group) is 2. The summed E-state index contributed by atoms with van der Waals surface area (Å²) in [6.07, 6.45) is 0. The van der Waals surface area contributed by atoms with Crippen LogP contribution in [0.15, 0.2) is 60.7 Å². The molecule has 1 heterocycles. The number of carbonyl (C=O) groups excluding carboxylic acids is 2. The van der Waals surface area contributed by atoms with Gasteiger partial charge in [-0.3, -0.25) is 9.59 Å². The highest BCUT2D eigenvalue weighted by Gasteiger charge is 2.33. The molecule has 6 nitrogen and oxygen atoms in total. The predicted octanol–water partition coefficient (Wildman–Crippen LogP) is 2.84. The SMILES string of the molecule is CNCC(=O)NC1CN(C)c2ccccc2N(Cc2c(C)ccc3ccccc23)C1=O. The Balaban J connectivity index is 1.78. The zero-order chi connectivity index (χ0) is 22.0. The molecular formula is C25H28N4O2. The Hall–Kier alpha value is -3.38. The highest BCUT2D eigenvalue weighted by atomic mass is 16.2. The first-order valence-corrected chi connectivity index (χ1v) is 10.5. The van der Waals surface area contributed by atoms with Crippen molar-refractivity contribution in [2.75, 3.05) is 37.0 Å². The van der Waals surface area contributed by atoms with Gasteiger partial charge in [0.1, 0.15) is 6.04 Å². The molecule has 6 heteroatoms. The number of anilines is 2. The maximum absolute atomic E-state index is 13.7. The molecule has 3 aromatic carbocycles. The zero-order valence-corrected chi connectivity index (χ0v) is 18.2. The summed E-state index contributed by atoms with van der Waals surface area (Å²) in [7, 11) is 3.67. The second-order valence-corrected chi connectivity index (χ2v) is 8.03. The molecule has 2 amide bonds. The van der Waals surface area contributed by atoms with Gasteiger partial charge >= 0.3 is 0 Å². The van der Waals surface area contributed by atoms with Crippen LogP contribution < -0.4 is 20.4 Å². The van der Waals surface area contributed by atoms with Gasteiger partial charge in [-0.2, -0.15) is 0 Å². The number of benzene rings is 3. The molecule has 1 unspecified atom stereocenters. The van der Waals surface area contributed by atoms with Crippen molar-refractivity contribution >= 4 is 34.0 Å². The highest BCUT2D eigenvalue weighted by Crippen LogP contribution is 2.34. The molecule has 31 heavy (non-hydrogen) atoms. The Morgan fingerprint density at radius 2 is 1.74 bits per heavy atom. The van der Waals surface area contributed by atoms with Crippen LogP contribution in [0.3, 0.4) is 0 Å². The standard InChI is InChI=1S/C25H28N4O2/c1-17-12-13-18-8-4-5-9-19(18)20(17)15-29-23-11-7-6-10-22(23)28(3)16-21(25(29)31)27-24(30)14-26-2/h4-13,21,26H,14-16H2,1-3H3,(H,27,30). The summed E-state index contributed by atoms with van der Waals surface area (Å²) in [6, 6.07) is 19.7. The van der Waals surface area contributed by atoms with E-state index in [-0.39, 0.29) is 18.4 Å². The average Bonchev–Trinajstić information content (AvgIpc) is 2.86. The minimum Gasteiger partial charge on any atom is -0.370 e. The van der Waals surface area contributed by atoms with E-state index in [9.17, 15) is 9.59 Å². The molecule has 2 N–H and O–H groups in total. The van der Waals surface area contributed by atoms with Gasteiger partial charge < -0.3 is 20.4 Å². The van der Waals surface area contributed by atoms with E-state index >= 15 is 0 Å². The number of para-hydroxylation sites is 2. The van der Waals surface area contributed by atoms with Crippen LogP contribution in [0.5, 0.6) is 0 Å². The summed E-state index contributed by atoms with van der Waals surface area (Å²) in [5, 5.41) is 8.04. The number of amides is 2. The van der Waals surface area contributed by atoms with E-state index in [1.807, 2.05) is 53.2 Å². The van der Waals surface area contributed by atoms with Crippen LogP contribution in [0, 0.1) is 6.92 Å². The fourth-order valence-electron chi connectivity index (χ4n) is 4.26. The monoisotopic (exact) mass is 416 g/mol. The van der Waals surface area contributed by atoms with Crippen LogP contribution in [-0.2, 0) is 16.1 Å². The first kappa shape index (κ1) is 20.9. The van der Waals surface area contributed by atoms with Crippen LogP contribution in [0.2, 0.25) is 0 Å². The lowest BCUT2D eigenvalue weighted by Gasteiger charge is -2.27. The molecule has 0 saturated heterocycles. The number of hydrogen-bond acceptors (Lipinski definition) is 4. The van der Waals surface area contributed by atoms with Gasteiger partial charge in [-0.1, -0.05) is 48.5 Å². The molecule has 0 bridgehead atoms. The Morgan fingerprint density at radius 3 is 2.52 bits per heavy atom. The highest BCUT2D eigenvalue weighted by molar-refractivity contribution is 6.04. The van der Waals surface area contributed by atoms with Gasteiger partial charge in [-0.25, -0.2) is 0 Å². The van der Waals surface area contributed by atoms with Gasteiger partial charge in [-0.15, -0.1) is 0 Å². The van der Waals surface area contributed by atoms with Crippen molar-refractivity contribution in [2.24, 2.45) is 0 Å². The van der Waals surface area contributed by atoms with Gasteiger partial charge in [-0.05, 0) is 48.0 Å².